The van der Waals surface area contributed by atoms with Crippen molar-refractivity contribution in [3.63, 3.8) is 0 Å². The Morgan fingerprint density at radius 1 is 0.367 bits per heavy atom. The van der Waals surface area contributed by atoms with E-state index in [1.165, 1.54) is 69.9 Å². The third kappa shape index (κ3) is 5.33. The van der Waals surface area contributed by atoms with Crippen molar-refractivity contribution in [3.05, 3.63) is 241 Å². The minimum absolute atomic E-state index is 0.500. The Kier molecular flexibility index (Phi) is 7.97. The highest BCUT2D eigenvalue weighted by Gasteiger charge is 2.46. The average molecular weight is 781 g/mol. The summed E-state index contributed by atoms with van der Waals surface area (Å²) in [5, 5.41) is 5.23. The van der Waals surface area contributed by atoms with Crippen LogP contribution in [-0.2, 0) is 5.41 Å². The quantitative estimate of drug-likeness (QED) is 0.168. The van der Waals surface area contributed by atoms with Gasteiger partial charge in [0.15, 0.2) is 5.82 Å². The SMILES string of the molecule is c1ccc(-c2nc(-c3cccc(-c4ccc5c(c4)sc4ccc6ccccc6c45)c3)cc(-c3cccc4c3-c3ccccc3C4(c3ccccc3)c3ccccc3)n2)cc1. The Labute approximate surface area is 352 Å². The van der Waals surface area contributed by atoms with Gasteiger partial charge in [-0.05, 0) is 79.5 Å². The predicted molar refractivity (Wildman–Crippen MR) is 251 cm³/mol. The molecule has 0 fully saturated rings. The van der Waals surface area contributed by atoms with Gasteiger partial charge < -0.3 is 0 Å². The second-order valence-corrected chi connectivity index (χ2v) is 16.7. The van der Waals surface area contributed by atoms with Crippen LogP contribution in [0.15, 0.2) is 218 Å². The molecule has 0 aliphatic heterocycles. The van der Waals surface area contributed by atoms with E-state index < -0.39 is 5.41 Å². The molecule has 11 aromatic rings. The standard InChI is InChI=1S/C57H36N2S/c1-4-17-38(18-5-1)56-58-50(41-20-14-19-39(34-41)40-30-32-47-53(35-40)60-52-33-31-37-16-10-11-25-44(37)55(47)52)36-51(59-56)46-27-15-29-49-54(46)45-26-12-13-28-48(45)57(49,42-21-6-2-7-22-42)43-23-8-3-9-24-43/h1-36H. The molecule has 0 bridgehead atoms. The van der Waals surface area contributed by atoms with Crippen molar-refractivity contribution in [1.29, 1.82) is 0 Å². The van der Waals surface area contributed by atoms with Gasteiger partial charge in [0, 0.05) is 36.9 Å². The smallest absolute Gasteiger partial charge is 0.160 e. The lowest BCUT2D eigenvalue weighted by molar-refractivity contribution is 0.768. The molecule has 1 aliphatic rings. The van der Waals surface area contributed by atoms with Gasteiger partial charge in [-0.3, -0.25) is 0 Å². The number of aromatic nitrogens is 2. The first-order valence-corrected chi connectivity index (χ1v) is 21.3. The van der Waals surface area contributed by atoms with E-state index in [2.05, 4.69) is 212 Å². The topological polar surface area (TPSA) is 25.8 Å². The van der Waals surface area contributed by atoms with Crippen molar-refractivity contribution in [1.82, 2.24) is 9.97 Å². The van der Waals surface area contributed by atoms with Crippen LogP contribution in [0.3, 0.4) is 0 Å². The fourth-order valence-corrected chi connectivity index (χ4v) is 10.9. The summed E-state index contributed by atoms with van der Waals surface area (Å²) in [6.45, 7) is 0. The minimum atomic E-state index is -0.500. The average Bonchev–Trinajstić information content (AvgIpc) is 3.86. The first kappa shape index (κ1) is 34.6. The Morgan fingerprint density at radius 3 is 1.80 bits per heavy atom. The number of nitrogens with zero attached hydrogens (tertiary/aromatic N) is 2. The van der Waals surface area contributed by atoms with Gasteiger partial charge in [0.05, 0.1) is 16.8 Å². The number of rotatable bonds is 6. The Hall–Kier alpha value is -7.46. The first-order chi connectivity index (χ1) is 29.7. The number of fused-ring (bicyclic) bond motifs is 8. The Bertz CT molecular complexity index is 3380. The van der Waals surface area contributed by atoms with Crippen molar-refractivity contribution < 1.29 is 0 Å². The maximum atomic E-state index is 5.39. The molecule has 0 atom stereocenters. The molecule has 0 amide bonds. The maximum absolute atomic E-state index is 5.39. The van der Waals surface area contributed by atoms with Crippen LogP contribution in [0, 0.1) is 0 Å². The molecule has 0 spiro atoms. The zero-order valence-corrected chi connectivity index (χ0v) is 33.4. The van der Waals surface area contributed by atoms with Crippen molar-refractivity contribution in [3.8, 4) is 56.2 Å². The fraction of sp³-hybridized carbons (Fsp3) is 0.0175. The first-order valence-electron chi connectivity index (χ1n) is 20.5. The van der Waals surface area contributed by atoms with Crippen molar-refractivity contribution in [2.24, 2.45) is 0 Å². The zero-order chi connectivity index (χ0) is 39.6. The predicted octanol–water partition coefficient (Wildman–Crippen LogP) is 15.0. The molecule has 9 aromatic carbocycles. The lowest BCUT2D eigenvalue weighted by Gasteiger charge is -2.33. The van der Waals surface area contributed by atoms with Gasteiger partial charge in [-0.15, -0.1) is 11.3 Å². The Balaban J connectivity index is 1.04. The van der Waals surface area contributed by atoms with Gasteiger partial charge in [0.1, 0.15) is 0 Å². The summed E-state index contributed by atoms with van der Waals surface area (Å²) in [5.74, 6) is 0.702. The zero-order valence-electron chi connectivity index (χ0n) is 32.6. The van der Waals surface area contributed by atoms with Crippen LogP contribution in [0.1, 0.15) is 22.3 Å². The summed E-state index contributed by atoms with van der Waals surface area (Å²) in [6.07, 6.45) is 0. The molecular weight excluding hydrogens is 745 g/mol. The van der Waals surface area contributed by atoms with Gasteiger partial charge in [0.2, 0.25) is 0 Å². The maximum Gasteiger partial charge on any atom is 0.160 e. The number of thiophene rings is 1. The van der Waals surface area contributed by atoms with Gasteiger partial charge in [-0.25, -0.2) is 9.97 Å². The minimum Gasteiger partial charge on any atom is -0.228 e. The van der Waals surface area contributed by atoms with Crippen LogP contribution < -0.4 is 0 Å². The van der Waals surface area contributed by atoms with Crippen LogP contribution in [0.25, 0.3) is 87.1 Å². The van der Waals surface area contributed by atoms with E-state index in [0.717, 1.165) is 33.6 Å². The second kappa shape index (κ2) is 13.8. The molecule has 1 aliphatic carbocycles. The van der Waals surface area contributed by atoms with Crippen LogP contribution in [0.5, 0.6) is 0 Å². The number of hydrogen-bond acceptors (Lipinski definition) is 3. The molecule has 3 heteroatoms. The molecule has 2 aromatic heterocycles. The molecule has 0 radical (unpaired) electrons. The summed E-state index contributed by atoms with van der Waals surface area (Å²) in [6, 6.07) is 79.1. The number of hydrogen-bond donors (Lipinski definition) is 0. The van der Waals surface area contributed by atoms with E-state index >= 15 is 0 Å². The molecule has 60 heavy (non-hydrogen) atoms. The number of benzene rings is 9. The third-order valence-electron chi connectivity index (χ3n) is 12.4. The van der Waals surface area contributed by atoms with Crippen molar-refractivity contribution in [2.75, 3.05) is 0 Å². The summed E-state index contributed by atoms with van der Waals surface area (Å²) in [7, 11) is 0. The molecule has 2 nitrogen and oxygen atoms in total. The van der Waals surface area contributed by atoms with E-state index in [-0.39, 0.29) is 0 Å². The molecular formula is C57H36N2S. The summed E-state index contributed by atoms with van der Waals surface area (Å²) < 4.78 is 2.61. The highest BCUT2D eigenvalue weighted by Crippen LogP contribution is 2.58. The molecule has 12 rings (SSSR count). The molecule has 0 saturated carbocycles. The van der Waals surface area contributed by atoms with E-state index in [1.54, 1.807) is 0 Å². The molecule has 280 valence electrons. The Morgan fingerprint density at radius 2 is 0.983 bits per heavy atom. The van der Waals surface area contributed by atoms with Gasteiger partial charge in [-0.1, -0.05) is 194 Å². The van der Waals surface area contributed by atoms with E-state index in [4.69, 9.17) is 9.97 Å². The van der Waals surface area contributed by atoms with Crippen LogP contribution in [0.2, 0.25) is 0 Å². The van der Waals surface area contributed by atoms with E-state index in [9.17, 15) is 0 Å². The van der Waals surface area contributed by atoms with Crippen LogP contribution in [-0.4, -0.2) is 9.97 Å². The monoisotopic (exact) mass is 780 g/mol. The van der Waals surface area contributed by atoms with E-state index in [0.29, 0.717) is 5.82 Å². The third-order valence-corrected chi connectivity index (χ3v) is 13.5. The van der Waals surface area contributed by atoms with Crippen LogP contribution in [0.4, 0.5) is 0 Å². The van der Waals surface area contributed by atoms with Gasteiger partial charge in [-0.2, -0.15) is 0 Å². The lowest BCUT2D eigenvalue weighted by Crippen LogP contribution is -2.28. The second-order valence-electron chi connectivity index (χ2n) is 15.6. The molecule has 0 saturated heterocycles. The molecule has 2 heterocycles. The highest BCUT2D eigenvalue weighted by molar-refractivity contribution is 7.26. The lowest BCUT2D eigenvalue weighted by atomic mass is 9.67. The highest BCUT2D eigenvalue weighted by atomic mass is 32.1. The van der Waals surface area contributed by atoms with Crippen molar-refractivity contribution in [2.45, 2.75) is 5.41 Å². The summed E-state index contributed by atoms with van der Waals surface area (Å²) >= 11 is 1.87. The molecule has 0 unspecified atom stereocenters. The largest absolute Gasteiger partial charge is 0.228 e. The van der Waals surface area contributed by atoms with Gasteiger partial charge in [0.25, 0.3) is 0 Å². The van der Waals surface area contributed by atoms with E-state index in [1.807, 2.05) is 17.4 Å². The normalized spacial score (nSPS) is 12.8. The summed E-state index contributed by atoms with van der Waals surface area (Å²) in [5.41, 5.74) is 14.2. The fourth-order valence-electron chi connectivity index (χ4n) is 9.74. The summed E-state index contributed by atoms with van der Waals surface area (Å²) in [4.78, 5) is 10.7. The van der Waals surface area contributed by atoms with Crippen LogP contribution >= 0.6 is 11.3 Å². The van der Waals surface area contributed by atoms with Crippen molar-refractivity contribution >= 4 is 42.3 Å². The molecule has 0 N–H and O–H groups in total. The van der Waals surface area contributed by atoms with Gasteiger partial charge >= 0.3 is 0 Å².